The molecule has 0 radical (unpaired) electrons. The van der Waals surface area contributed by atoms with Gasteiger partial charge in [-0.05, 0) is 32.6 Å². The number of pyridine rings is 1. The second kappa shape index (κ2) is 4.49. The third kappa shape index (κ3) is 2.49. The normalized spacial score (nSPS) is 17.6. The molecular weight excluding hydrogens is 250 g/mol. The molecule has 0 spiro atoms. The minimum Gasteiger partial charge on any atom is -0.480 e. The summed E-state index contributed by atoms with van der Waals surface area (Å²) in [6.07, 6.45) is 3.04. The highest BCUT2D eigenvalue weighted by atomic mass is 16.6. The SMILES string of the molecule is Cc1cnc(NC(C)(C(=O)O)C2CC2)cc1[N+](=O)[O-]. The molecule has 1 aromatic rings. The molecule has 7 nitrogen and oxygen atoms in total. The molecular formula is C12H15N3O4. The average molecular weight is 265 g/mol. The number of hydrogen-bond acceptors (Lipinski definition) is 5. The maximum absolute atomic E-state index is 11.4. The highest BCUT2D eigenvalue weighted by Gasteiger charge is 2.47. The molecule has 2 rings (SSSR count). The summed E-state index contributed by atoms with van der Waals surface area (Å²) < 4.78 is 0. The van der Waals surface area contributed by atoms with Gasteiger partial charge in [0.15, 0.2) is 0 Å². The molecule has 1 saturated carbocycles. The van der Waals surface area contributed by atoms with E-state index in [1.54, 1.807) is 13.8 Å². The minimum atomic E-state index is -1.13. The quantitative estimate of drug-likeness (QED) is 0.622. The molecule has 1 atom stereocenters. The van der Waals surface area contributed by atoms with Crippen molar-refractivity contribution in [3.05, 3.63) is 27.9 Å². The molecule has 1 aliphatic carbocycles. The van der Waals surface area contributed by atoms with Crippen molar-refractivity contribution in [2.45, 2.75) is 32.2 Å². The van der Waals surface area contributed by atoms with E-state index in [0.29, 0.717) is 5.56 Å². The predicted molar refractivity (Wildman–Crippen MR) is 68.0 cm³/mol. The number of carbonyl (C=O) groups is 1. The Kier molecular flexibility index (Phi) is 3.13. The molecule has 102 valence electrons. The van der Waals surface area contributed by atoms with E-state index < -0.39 is 16.4 Å². The third-order valence-corrected chi connectivity index (χ3v) is 3.50. The van der Waals surface area contributed by atoms with Crippen LogP contribution in [-0.2, 0) is 4.79 Å². The lowest BCUT2D eigenvalue weighted by Crippen LogP contribution is -2.45. The Hall–Kier alpha value is -2.18. The Balaban J connectivity index is 2.30. The van der Waals surface area contributed by atoms with Gasteiger partial charge in [0, 0.05) is 11.8 Å². The van der Waals surface area contributed by atoms with Crippen LogP contribution in [0.4, 0.5) is 11.5 Å². The van der Waals surface area contributed by atoms with Crippen LogP contribution < -0.4 is 5.32 Å². The van der Waals surface area contributed by atoms with E-state index in [1.165, 1.54) is 12.3 Å². The monoisotopic (exact) mass is 265 g/mol. The summed E-state index contributed by atoms with van der Waals surface area (Å²) >= 11 is 0. The summed E-state index contributed by atoms with van der Waals surface area (Å²) in [4.78, 5) is 25.7. The maximum Gasteiger partial charge on any atom is 0.329 e. The van der Waals surface area contributed by atoms with Gasteiger partial charge in [0.25, 0.3) is 5.69 Å². The Bertz CT molecular complexity index is 542. The van der Waals surface area contributed by atoms with E-state index in [0.717, 1.165) is 12.8 Å². The fourth-order valence-electron chi connectivity index (χ4n) is 2.04. The van der Waals surface area contributed by atoms with Gasteiger partial charge in [-0.2, -0.15) is 0 Å². The Morgan fingerprint density at radius 3 is 2.74 bits per heavy atom. The largest absolute Gasteiger partial charge is 0.480 e. The Labute approximate surface area is 109 Å². The van der Waals surface area contributed by atoms with Crippen molar-refractivity contribution >= 4 is 17.5 Å². The molecule has 0 bridgehead atoms. The molecule has 1 aromatic heterocycles. The highest BCUT2D eigenvalue weighted by molar-refractivity contribution is 5.83. The van der Waals surface area contributed by atoms with Gasteiger partial charge in [0.1, 0.15) is 11.4 Å². The molecule has 1 heterocycles. The summed E-state index contributed by atoms with van der Waals surface area (Å²) in [6, 6.07) is 1.28. The van der Waals surface area contributed by atoms with Gasteiger partial charge in [0.2, 0.25) is 0 Å². The summed E-state index contributed by atoms with van der Waals surface area (Å²) in [5, 5.41) is 23.0. The summed E-state index contributed by atoms with van der Waals surface area (Å²) in [5.41, 5.74) is -0.754. The van der Waals surface area contributed by atoms with Gasteiger partial charge in [0.05, 0.1) is 11.0 Å². The second-order valence-corrected chi connectivity index (χ2v) is 5.02. The topological polar surface area (TPSA) is 105 Å². The van der Waals surface area contributed by atoms with Crippen LogP contribution in [0.15, 0.2) is 12.3 Å². The Morgan fingerprint density at radius 1 is 1.63 bits per heavy atom. The lowest BCUT2D eigenvalue weighted by atomic mass is 9.96. The van der Waals surface area contributed by atoms with E-state index in [1.807, 2.05) is 0 Å². The molecule has 0 aromatic carbocycles. The third-order valence-electron chi connectivity index (χ3n) is 3.50. The van der Waals surface area contributed by atoms with Gasteiger partial charge < -0.3 is 10.4 Å². The number of carboxylic acid groups (broad SMARTS) is 1. The van der Waals surface area contributed by atoms with Crippen LogP contribution in [0.1, 0.15) is 25.3 Å². The molecule has 1 unspecified atom stereocenters. The van der Waals surface area contributed by atoms with Crippen molar-refractivity contribution in [1.29, 1.82) is 0 Å². The van der Waals surface area contributed by atoms with Crippen molar-refractivity contribution in [2.24, 2.45) is 5.92 Å². The molecule has 1 fully saturated rings. The van der Waals surface area contributed by atoms with Gasteiger partial charge in [-0.15, -0.1) is 0 Å². The van der Waals surface area contributed by atoms with E-state index in [2.05, 4.69) is 10.3 Å². The zero-order chi connectivity index (χ0) is 14.2. The van der Waals surface area contributed by atoms with Crippen LogP contribution in [0.5, 0.6) is 0 Å². The lowest BCUT2D eigenvalue weighted by molar-refractivity contribution is -0.385. The first-order valence-electron chi connectivity index (χ1n) is 5.97. The first kappa shape index (κ1) is 13.3. The number of rotatable bonds is 5. The van der Waals surface area contributed by atoms with Crippen LogP contribution in [0.2, 0.25) is 0 Å². The van der Waals surface area contributed by atoms with Gasteiger partial charge >= 0.3 is 5.97 Å². The predicted octanol–water partition coefficient (Wildman–Crippen LogP) is 1.96. The van der Waals surface area contributed by atoms with Gasteiger partial charge in [-0.1, -0.05) is 0 Å². The molecule has 1 aliphatic rings. The van der Waals surface area contributed by atoms with Crippen LogP contribution >= 0.6 is 0 Å². The zero-order valence-corrected chi connectivity index (χ0v) is 10.7. The smallest absolute Gasteiger partial charge is 0.329 e. The first-order valence-corrected chi connectivity index (χ1v) is 5.97. The number of carboxylic acids is 1. The zero-order valence-electron chi connectivity index (χ0n) is 10.7. The first-order chi connectivity index (χ1) is 8.84. The average Bonchev–Trinajstić information content (AvgIpc) is 3.15. The number of aromatic nitrogens is 1. The van der Waals surface area contributed by atoms with Crippen molar-refractivity contribution in [2.75, 3.05) is 5.32 Å². The molecule has 0 amide bonds. The molecule has 0 aliphatic heterocycles. The molecule has 7 heteroatoms. The highest BCUT2D eigenvalue weighted by Crippen LogP contribution is 2.41. The maximum atomic E-state index is 11.4. The number of hydrogen-bond donors (Lipinski definition) is 2. The number of aryl methyl sites for hydroxylation is 1. The molecule has 19 heavy (non-hydrogen) atoms. The van der Waals surface area contributed by atoms with Crippen LogP contribution in [-0.4, -0.2) is 26.5 Å². The van der Waals surface area contributed by atoms with E-state index >= 15 is 0 Å². The molecule has 0 saturated heterocycles. The summed E-state index contributed by atoms with van der Waals surface area (Å²) in [6.45, 7) is 3.17. The number of anilines is 1. The van der Waals surface area contributed by atoms with E-state index in [4.69, 9.17) is 0 Å². The fraction of sp³-hybridized carbons (Fsp3) is 0.500. The van der Waals surface area contributed by atoms with Crippen LogP contribution in [0, 0.1) is 23.0 Å². The van der Waals surface area contributed by atoms with Crippen LogP contribution in [0.3, 0.4) is 0 Å². The van der Waals surface area contributed by atoms with Crippen LogP contribution in [0.25, 0.3) is 0 Å². The second-order valence-electron chi connectivity index (χ2n) is 5.02. The van der Waals surface area contributed by atoms with Gasteiger partial charge in [-0.25, -0.2) is 9.78 Å². The van der Waals surface area contributed by atoms with Crippen molar-refractivity contribution in [1.82, 2.24) is 4.98 Å². The lowest BCUT2D eigenvalue weighted by Gasteiger charge is -2.26. The van der Waals surface area contributed by atoms with E-state index in [9.17, 15) is 20.0 Å². The van der Waals surface area contributed by atoms with Crippen molar-refractivity contribution in [3.63, 3.8) is 0 Å². The fourth-order valence-corrected chi connectivity index (χ4v) is 2.04. The van der Waals surface area contributed by atoms with Crippen molar-refractivity contribution in [3.8, 4) is 0 Å². The summed E-state index contributed by atoms with van der Waals surface area (Å²) in [5.74, 6) is -0.721. The summed E-state index contributed by atoms with van der Waals surface area (Å²) in [7, 11) is 0. The molecule has 2 N–H and O–H groups in total. The number of aliphatic carboxylic acids is 1. The number of nitrogens with one attached hydrogen (secondary N) is 1. The van der Waals surface area contributed by atoms with Crippen molar-refractivity contribution < 1.29 is 14.8 Å². The minimum absolute atomic E-state index is 0.0344. The standard InChI is InChI=1S/C12H15N3O4/c1-7-6-13-10(5-9(7)15(18)19)14-12(2,11(16)17)8-3-4-8/h5-6,8H,3-4H2,1-2H3,(H,13,14)(H,16,17). The van der Waals surface area contributed by atoms with Gasteiger partial charge in [-0.3, -0.25) is 10.1 Å². The number of nitrogens with zero attached hydrogens (tertiary/aromatic N) is 2. The number of nitro groups is 1. The Morgan fingerprint density at radius 2 is 2.26 bits per heavy atom. The van der Waals surface area contributed by atoms with E-state index in [-0.39, 0.29) is 17.4 Å².